The van der Waals surface area contributed by atoms with Crippen LogP contribution in [0.1, 0.15) is 5.56 Å². The van der Waals surface area contributed by atoms with E-state index in [1.54, 1.807) is 12.1 Å². The zero-order valence-electron chi connectivity index (χ0n) is 9.13. The van der Waals surface area contributed by atoms with Gasteiger partial charge in [0.1, 0.15) is 0 Å². The number of carbonyl (C=O) groups is 1. The summed E-state index contributed by atoms with van der Waals surface area (Å²) >= 11 is 15.4. The minimum absolute atomic E-state index is 0.215. The molecule has 17 heavy (non-hydrogen) atoms. The van der Waals surface area contributed by atoms with Crippen LogP contribution >= 0.6 is 39.1 Å². The average Bonchev–Trinajstić information content (AvgIpc) is 2.28. The van der Waals surface area contributed by atoms with E-state index >= 15 is 0 Å². The van der Waals surface area contributed by atoms with E-state index in [0.717, 1.165) is 17.3 Å². The van der Waals surface area contributed by atoms with Crippen LogP contribution < -0.4 is 4.74 Å². The molecular formula is C11H11BrCl2O3. The Hall–Kier alpha value is -0.450. The van der Waals surface area contributed by atoms with Gasteiger partial charge in [0.05, 0.1) is 17.2 Å². The van der Waals surface area contributed by atoms with Gasteiger partial charge < -0.3 is 9.47 Å². The summed E-state index contributed by atoms with van der Waals surface area (Å²) < 4.78 is 9.66. The largest absolute Gasteiger partial charge is 0.479 e. The number of aryl methyl sites for hydroxylation is 1. The maximum atomic E-state index is 10.9. The first-order valence-corrected chi connectivity index (χ1v) is 6.69. The standard InChI is InChI=1S/C11H11BrCl2O3/c1-16-10(15)6-17-11-8(13)4-7(2-3-12)5-9(11)14/h4-5H,2-3,6H2,1H3. The Labute approximate surface area is 118 Å². The monoisotopic (exact) mass is 340 g/mol. The highest BCUT2D eigenvalue weighted by Crippen LogP contribution is 2.34. The van der Waals surface area contributed by atoms with Gasteiger partial charge in [-0.15, -0.1) is 0 Å². The summed E-state index contributed by atoms with van der Waals surface area (Å²) in [5.74, 6) is -0.182. The van der Waals surface area contributed by atoms with Gasteiger partial charge in [0.2, 0.25) is 0 Å². The predicted molar refractivity (Wildman–Crippen MR) is 71.5 cm³/mol. The highest BCUT2D eigenvalue weighted by Gasteiger charge is 2.11. The van der Waals surface area contributed by atoms with E-state index in [1.807, 2.05) is 0 Å². The van der Waals surface area contributed by atoms with Crippen LogP contribution in [-0.4, -0.2) is 25.0 Å². The van der Waals surface area contributed by atoms with Crippen LogP contribution in [0.2, 0.25) is 10.0 Å². The highest BCUT2D eigenvalue weighted by molar-refractivity contribution is 9.09. The molecule has 0 atom stereocenters. The van der Waals surface area contributed by atoms with Gasteiger partial charge in [-0.25, -0.2) is 4.79 Å². The van der Waals surface area contributed by atoms with Crippen molar-refractivity contribution >= 4 is 45.1 Å². The summed E-state index contributed by atoms with van der Waals surface area (Å²) in [7, 11) is 1.29. The van der Waals surface area contributed by atoms with Gasteiger partial charge >= 0.3 is 5.97 Å². The average molecular weight is 342 g/mol. The molecule has 0 saturated heterocycles. The zero-order valence-corrected chi connectivity index (χ0v) is 12.2. The Bertz CT molecular complexity index is 387. The van der Waals surface area contributed by atoms with Crippen molar-refractivity contribution in [1.29, 1.82) is 0 Å². The molecule has 0 fully saturated rings. The summed E-state index contributed by atoms with van der Waals surface area (Å²) in [6, 6.07) is 3.53. The van der Waals surface area contributed by atoms with Gasteiger partial charge in [0.15, 0.2) is 12.4 Å². The Morgan fingerprint density at radius 2 is 1.94 bits per heavy atom. The van der Waals surface area contributed by atoms with E-state index < -0.39 is 5.97 Å². The molecule has 1 aromatic carbocycles. The van der Waals surface area contributed by atoms with Crippen LogP contribution in [0.3, 0.4) is 0 Å². The lowest BCUT2D eigenvalue weighted by Gasteiger charge is -2.10. The molecule has 1 rings (SSSR count). The van der Waals surface area contributed by atoms with Gasteiger partial charge in [-0.05, 0) is 24.1 Å². The number of ether oxygens (including phenoxy) is 2. The van der Waals surface area contributed by atoms with E-state index in [0.29, 0.717) is 15.8 Å². The molecule has 0 aromatic heterocycles. The summed E-state index contributed by atoms with van der Waals surface area (Å²) in [6.07, 6.45) is 0.816. The first kappa shape index (κ1) is 14.6. The number of rotatable bonds is 5. The molecule has 0 heterocycles. The van der Waals surface area contributed by atoms with Crippen molar-refractivity contribution in [2.45, 2.75) is 6.42 Å². The zero-order chi connectivity index (χ0) is 12.8. The van der Waals surface area contributed by atoms with Crippen molar-refractivity contribution in [3.63, 3.8) is 0 Å². The van der Waals surface area contributed by atoms with Crippen molar-refractivity contribution < 1.29 is 14.3 Å². The number of hydrogen-bond acceptors (Lipinski definition) is 3. The van der Waals surface area contributed by atoms with Crippen LogP contribution in [-0.2, 0) is 16.0 Å². The maximum absolute atomic E-state index is 10.9. The van der Waals surface area contributed by atoms with Crippen molar-refractivity contribution in [3.05, 3.63) is 27.7 Å². The van der Waals surface area contributed by atoms with E-state index in [-0.39, 0.29) is 6.61 Å². The fraction of sp³-hybridized carbons (Fsp3) is 0.364. The molecule has 0 unspecified atom stereocenters. The summed E-state index contributed by atoms with van der Waals surface area (Å²) in [5, 5.41) is 1.59. The van der Waals surface area contributed by atoms with Crippen molar-refractivity contribution in [2.24, 2.45) is 0 Å². The second-order valence-corrected chi connectivity index (χ2v) is 4.80. The number of carbonyl (C=O) groups excluding carboxylic acids is 1. The molecule has 0 bridgehead atoms. The number of methoxy groups -OCH3 is 1. The molecule has 0 saturated carbocycles. The summed E-state index contributed by atoms with van der Waals surface area (Å²) in [4.78, 5) is 10.9. The molecule has 94 valence electrons. The number of halogens is 3. The normalized spacial score (nSPS) is 10.1. The molecule has 3 nitrogen and oxygen atoms in total. The number of benzene rings is 1. The Morgan fingerprint density at radius 1 is 1.35 bits per heavy atom. The van der Waals surface area contributed by atoms with Crippen molar-refractivity contribution in [1.82, 2.24) is 0 Å². The molecule has 0 N–H and O–H groups in total. The van der Waals surface area contributed by atoms with Crippen LogP contribution in [0.4, 0.5) is 0 Å². The quantitative estimate of drug-likeness (QED) is 0.607. The lowest BCUT2D eigenvalue weighted by atomic mass is 10.2. The first-order chi connectivity index (χ1) is 8.08. The van der Waals surface area contributed by atoms with Crippen molar-refractivity contribution in [2.75, 3.05) is 19.0 Å². The smallest absolute Gasteiger partial charge is 0.343 e. The molecule has 6 heteroatoms. The van der Waals surface area contributed by atoms with Gasteiger partial charge in [-0.3, -0.25) is 0 Å². The topological polar surface area (TPSA) is 35.5 Å². The number of esters is 1. The van der Waals surface area contributed by atoms with Crippen LogP contribution in [0.5, 0.6) is 5.75 Å². The number of hydrogen-bond donors (Lipinski definition) is 0. The van der Waals surface area contributed by atoms with Gasteiger partial charge in [-0.1, -0.05) is 39.1 Å². The molecule has 0 aliphatic carbocycles. The van der Waals surface area contributed by atoms with Crippen LogP contribution in [0.25, 0.3) is 0 Å². The van der Waals surface area contributed by atoms with E-state index in [9.17, 15) is 4.79 Å². The van der Waals surface area contributed by atoms with E-state index in [1.165, 1.54) is 7.11 Å². The molecule has 0 radical (unpaired) electrons. The fourth-order valence-electron chi connectivity index (χ4n) is 1.19. The van der Waals surface area contributed by atoms with Crippen LogP contribution in [0.15, 0.2) is 12.1 Å². The second kappa shape index (κ2) is 7.09. The molecule has 1 aromatic rings. The van der Waals surface area contributed by atoms with Gasteiger partial charge in [0.25, 0.3) is 0 Å². The Morgan fingerprint density at radius 3 is 2.41 bits per heavy atom. The third kappa shape index (κ3) is 4.37. The summed E-state index contributed by atoms with van der Waals surface area (Å²) in [5.41, 5.74) is 1.00. The van der Waals surface area contributed by atoms with E-state index in [4.69, 9.17) is 27.9 Å². The molecule has 0 amide bonds. The Balaban J connectivity index is 2.82. The predicted octanol–water partition coefficient (Wildman–Crippen LogP) is 3.48. The SMILES string of the molecule is COC(=O)COc1c(Cl)cc(CCBr)cc1Cl. The van der Waals surface area contributed by atoms with Crippen molar-refractivity contribution in [3.8, 4) is 5.75 Å². The molecule has 0 spiro atoms. The third-order valence-corrected chi connectivity index (χ3v) is 2.96. The lowest BCUT2D eigenvalue weighted by Crippen LogP contribution is -2.13. The fourth-order valence-corrected chi connectivity index (χ4v) is 2.29. The van der Waals surface area contributed by atoms with Crippen LogP contribution in [0, 0.1) is 0 Å². The highest BCUT2D eigenvalue weighted by atomic mass is 79.9. The third-order valence-electron chi connectivity index (χ3n) is 2.00. The minimum atomic E-state index is -0.485. The number of alkyl halides is 1. The minimum Gasteiger partial charge on any atom is -0.479 e. The van der Waals surface area contributed by atoms with Gasteiger partial charge in [0, 0.05) is 5.33 Å². The maximum Gasteiger partial charge on any atom is 0.343 e. The molecule has 0 aliphatic heterocycles. The molecule has 0 aliphatic rings. The second-order valence-electron chi connectivity index (χ2n) is 3.19. The lowest BCUT2D eigenvalue weighted by molar-refractivity contribution is -0.142. The first-order valence-electron chi connectivity index (χ1n) is 4.82. The molecular weight excluding hydrogens is 331 g/mol. The van der Waals surface area contributed by atoms with Gasteiger partial charge in [-0.2, -0.15) is 0 Å². The Kier molecular flexibility index (Phi) is 6.09. The van der Waals surface area contributed by atoms with E-state index in [2.05, 4.69) is 20.7 Å². The summed E-state index contributed by atoms with van der Waals surface area (Å²) in [6.45, 7) is -0.215.